The number of rotatable bonds is 4. The first-order chi connectivity index (χ1) is 8.16. The lowest BCUT2D eigenvalue weighted by atomic mass is 10.3. The lowest BCUT2D eigenvalue weighted by Gasteiger charge is -2.06. The SMILES string of the molecule is CC(=O)NCCNc1ncnc2sc(C)cc12. The van der Waals surface area contributed by atoms with Crippen LogP contribution >= 0.6 is 11.3 Å². The first kappa shape index (κ1) is 11.8. The van der Waals surface area contributed by atoms with Gasteiger partial charge >= 0.3 is 0 Å². The summed E-state index contributed by atoms with van der Waals surface area (Å²) in [6.07, 6.45) is 1.55. The molecule has 2 aromatic rings. The molecule has 0 radical (unpaired) electrons. The van der Waals surface area contributed by atoms with Gasteiger partial charge in [0.2, 0.25) is 5.91 Å². The number of hydrogen-bond donors (Lipinski definition) is 2. The molecule has 0 aliphatic carbocycles. The van der Waals surface area contributed by atoms with Gasteiger partial charge in [0.25, 0.3) is 0 Å². The fraction of sp³-hybridized carbons (Fsp3) is 0.364. The fourth-order valence-corrected chi connectivity index (χ4v) is 2.38. The summed E-state index contributed by atoms with van der Waals surface area (Å²) < 4.78 is 0. The van der Waals surface area contributed by atoms with E-state index in [0.29, 0.717) is 13.1 Å². The molecule has 0 aromatic carbocycles. The summed E-state index contributed by atoms with van der Waals surface area (Å²) >= 11 is 1.65. The van der Waals surface area contributed by atoms with Crippen LogP contribution in [-0.2, 0) is 4.79 Å². The van der Waals surface area contributed by atoms with Crippen LogP contribution in [0.25, 0.3) is 10.2 Å². The van der Waals surface area contributed by atoms with E-state index in [9.17, 15) is 4.79 Å². The monoisotopic (exact) mass is 250 g/mol. The van der Waals surface area contributed by atoms with Gasteiger partial charge < -0.3 is 10.6 Å². The van der Waals surface area contributed by atoms with Gasteiger partial charge in [0.15, 0.2) is 0 Å². The van der Waals surface area contributed by atoms with Crippen molar-refractivity contribution in [1.82, 2.24) is 15.3 Å². The second-order valence-corrected chi connectivity index (χ2v) is 4.94. The summed E-state index contributed by atoms with van der Waals surface area (Å²) in [4.78, 5) is 21.3. The number of aryl methyl sites for hydroxylation is 1. The number of fused-ring (bicyclic) bond motifs is 1. The minimum absolute atomic E-state index is 0.0222. The number of carbonyl (C=O) groups excluding carboxylic acids is 1. The topological polar surface area (TPSA) is 66.9 Å². The van der Waals surface area contributed by atoms with Crippen LogP contribution in [0.5, 0.6) is 0 Å². The molecule has 0 saturated heterocycles. The third-order valence-electron chi connectivity index (χ3n) is 2.24. The molecule has 2 heterocycles. The van der Waals surface area contributed by atoms with E-state index >= 15 is 0 Å². The largest absolute Gasteiger partial charge is 0.368 e. The van der Waals surface area contributed by atoms with Crippen LogP contribution in [0.2, 0.25) is 0 Å². The summed E-state index contributed by atoms with van der Waals surface area (Å²) in [5, 5.41) is 6.96. The van der Waals surface area contributed by atoms with Gasteiger partial charge in [0, 0.05) is 24.9 Å². The van der Waals surface area contributed by atoms with E-state index in [-0.39, 0.29) is 5.91 Å². The average molecular weight is 250 g/mol. The number of aromatic nitrogens is 2. The summed E-state index contributed by atoms with van der Waals surface area (Å²) in [6.45, 7) is 4.79. The second kappa shape index (κ2) is 5.09. The van der Waals surface area contributed by atoms with Crippen molar-refractivity contribution < 1.29 is 4.79 Å². The van der Waals surface area contributed by atoms with Crippen LogP contribution in [0.4, 0.5) is 5.82 Å². The molecule has 0 bridgehead atoms. The van der Waals surface area contributed by atoms with Crippen LogP contribution in [0, 0.1) is 6.92 Å². The number of amides is 1. The van der Waals surface area contributed by atoms with Gasteiger partial charge in [-0.15, -0.1) is 11.3 Å². The average Bonchev–Trinajstić information content (AvgIpc) is 2.65. The van der Waals surface area contributed by atoms with Crippen LogP contribution in [0.15, 0.2) is 12.4 Å². The summed E-state index contributed by atoms with van der Waals surface area (Å²) in [5.74, 6) is 0.802. The molecule has 1 amide bonds. The Morgan fingerprint density at radius 2 is 2.24 bits per heavy atom. The van der Waals surface area contributed by atoms with Gasteiger partial charge in [-0.2, -0.15) is 0 Å². The molecule has 5 nitrogen and oxygen atoms in total. The Balaban J connectivity index is 2.05. The van der Waals surface area contributed by atoms with Crippen LogP contribution < -0.4 is 10.6 Å². The number of nitrogens with zero attached hydrogens (tertiary/aromatic N) is 2. The second-order valence-electron chi connectivity index (χ2n) is 3.71. The predicted molar refractivity (Wildman–Crippen MR) is 69.3 cm³/mol. The van der Waals surface area contributed by atoms with Crippen LogP contribution in [-0.4, -0.2) is 29.0 Å². The molecule has 0 fully saturated rings. The molecular weight excluding hydrogens is 236 g/mol. The van der Waals surface area contributed by atoms with Gasteiger partial charge in [0.1, 0.15) is 17.0 Å². The molecule has 2 N–H and O–H groups in total. The van der Waals surface area contributed by atoms with Gasteiger partial charge in [-0.3, -0.25) is 4.79 Å². The van der Waals surface area contributed by atoms with Crippen molar-refractivity contribution in [1.29, 1.82) is 0 Å². The number of anilines is 1. The highest BCUT2D eigenvalue weighted by molar-refractivity contribution is 7.18. The summed E-state index contributed by atoms with van der Waals surface area (Å²) in [7, 11) is 0. The van der Waals surface area contributed by atoms with Gasteiger partial charge in [-0.25, -0.2) is 9.97 Å². The molecule has 0 aliphatic rings. The predicted octanol–water partition coefficient (Wildman–Crippen LogP) is 1.55. The summed E-state index contributed by atoms with van der Waals surface area (Å²) in [5.41, 5.74) is 0. The van der Waals surface area contributed by atoms with Crippen LogP contribution in [0.1, 0.15) is 11.8 Å². The highest BCUT2D eigenvalue weighted by Gasteiger charge is 2.05. The van der Waals surface area contributed by atoms with Crippen molar-refractivity contribution in [3.05, 3.63) is 17.3 Å². The number of hydrogen-bond acceptors (Lipinski definition) is 5. The van der Waals surface area contributed by atoms with E-state index in [2.05, 4.69) is 26.7 Å². The number of thiophene rings is 1. The molecule has 0 saturated carbocycles. The normalized spacial score (nSPS) is 10.5. The third-order valence-corrected chi connectivity index (χ3v) is 3.20. The fourth-order valence-electron chi connectivity index (χ4n) is 1.54. The standard InChI is InChI=1S/C11H14N4OS/c1-7-5-9-10(13-4-3-12-8(2)16)14-6-15-11(9)17-7/h5-6H,3-4H2,1-2H3,(H,12,16)(H,13,14,15). The minimum atomic E-state index is -0.0222. The molecule has 90 valence electrons. The van der Waals surface area contributed by atoms with Crippen molar-refractivity contribution in [2.45, 2.75) is 13.8 Å². The van der Waals surface area contributed by atoms with E-state index < -0.39 is 0 Å². The molecule has 0 spiro atoms. The van der Waals surface area contributed by atoms with E-state index in [4.69, 9.17) is 0 Å². The van der Waals surface area contributed by atoms with Gasteiger partial charge in [-0.1, -0.05) is 0 Å². The first-order valence-corrected chi connectivity index (χ1v) is 6.18. The highest BCUT2D eigenvalue weighted by atomic mass is 32.1. The zero-order valence-corrected chi connectivity index (χ0v) is 10.6. The lowest BCUT2D eigenvalue weighted by Crippen LogP contribution is -2.26. The first-order valence-electron chi connectivity index (χ1n) is 5.36. The van der Waals surface area contributed by atoms with Crippen molar-refractivity contribution in [3.8, 4) is 0 Å². The van der Waals surface area contributed by atoms with Gasteiger partial charge in [-0.05, 0) is 13.0 Å². The Labute approximate surface area is 103 Å². The molecule has 17 heavy (non-hydrogen) atoms. The Morgan fingerprint density at radius 1 is 1.41 bits per heavy atom. The molecular formula is C11H14N4OS. The molecule has 6 heteroatoms. The van der Waals surface area contributed by atoms with Crippen molar-refractivity contribution in [2.24, 2.45) is 0 Å². The quantitative estimate of drug-likeness (QED) is 0.808. The van der Waals surface area contributed by atoms with E-state index in [1.165, 1.54) is 11.8 Å². The van der Waals surface area contributed by atoms with Crippen molar-refractivity contribution in [2.75, 3.05) is 18.4 Å². The molecule has 0 unspecified atom stereocenters. The maximum Gasteiger partial charge on any atom is 0.216 e. The minimum Gasteiger partial charge on any atom is -0.368 e. The van der Waals surface area contributed by atoms with Gasteiger partial charge in [0.05, 0.1) is 5.39 Å². The Morgan fingerprint density at radius 3 is 3.00 bits per heavy atom. The Bertz CT molecular complexity index is 537. The molecule has 0 aliphatic heterocycles. The maximum absolute atomic E-state index is 10.7. The van der Waals surface area contributed by atoms with Crippen LogP contribution in [0.3, 0.4) is 0 Å². The zero-order valence-electron chi connectivity index (χ0n) is 9.78. The van der Waals surface area contributed by atoms with E-state index in [1.54, 1.807) is 17.7 Å². The van der Waals surface area contributed by atoms with Crippen molar-refractivity contribution in [3.63, 3.8) is 0 Å². The number of carbonyl (C=O) groups is 1. The summed E-state index contributed by atoms with van der Waals surface area (Å²) in [6, 6.07) is 2.07. The van der Waals surface area contributed by atoms with Crippen molar-refractivity contribution >= 4 is 33.3 Å². The Kier molecular flexibility index (Phi) is 3.53. The number of nitrogens with one attached hydrogen (secondary N) is 2. The molecule has 2 aromatic heterocycles. The third kappa shape index (κ3) is 2.91. The zero-order chi connectivity index (χ0) is 12.3. The lowest BCUT2D eigenvalue weighted by molar-refractivity contribution is -0.118. The van der Waals surface area contributed by atoms with E-state index in [0.717, 1.165) is 16.0 Å². The molecule has 0 atom stereocenters. The Hall–Kier alpha value is -1.69. The highest BCUT2D eigenvalue weighted by Crippen LogP contribution is 2.27. The van der Waals surface area contributed by atoms with E-state index in [1.807, 2.05) is 6.92 Å². The maximum atomic E-state index is 10.7. The molecule has 2 rings (SSSR count). The smallest absolute Gasteiger partial charge is 0.216 e.